The molecule has 1 aliphatic heterocycles. The number of benzene rings is 1. The third kappa shape index (κ3) is 4.34. The van der Waals surface area contributed by atoms with Crippen molar-refractivity contribution in [3.05, 3.63) is 52.8 Å². The summed E-state index contributed by atoms with van der Waals surface area (Å²) >= 11 is 0. The predicted molar refractivity (Wildman–Crippen MR) is 123 cm³/mol. The maximum absolute atomic E-state index is 13.3. The van der Waals surface area contributed by atoms with Gasteiger partial charge in [0.1, 0.15) is 12.4 Å². The Balaban J connectivity index is 1.50. The van der Waals surface area contributed by atoms with Crippen molar-refractivity contribution in [1.29, 1.82) is 0 Å². The van der Waals surface area contributed by atoms with Gasteiger partial charge in [-0.2, -0.15) is 5.10 Å². The molecule has 1 atom stereocenters. The highest BCUT2D eigenvalue weighted by Crippen LogP contribution is 2.41. The zero-order chi connectivity index (χ0) is 23.2. The summed E-state index contributed by atoms with van der Waals surface area (Å²) in [4.78, 5) is 18.1. The molecule has 1 aromatic carbocycles. The minimum atomic E-state index is -3.08. The van der Waals surface area contributed by atoms with Gasteiger partial charge < -0.3 is 9.47 Å². The molecule has 2 aliphatic rings. The van der Waals surface area contributed by atoms with Gasteiger partial charge >= 0.3 is 5.97 Å². The summed E-state index contributed by atoms with van der Waals surface area (Å²) in [6.45, 7) is 4.34. The zero-order valence-electron chi connectivity index (χ0n) is 18.8. The Morgan fingerprint density at radius 2 is 2.00 bits per heavy atom. The summed E-state index contributed by atoms with van der Waals surface area (Å²) in [6, 6.07) is 9.04. The Hall–Kier alpha value is -2.94. The van der Waals surface area contributed by atoms with E-state index in [0.717, 1.165) is 24.1 Å². The van der Waals surface area contributed by atoms with E-state index in [9.17, 15) is 13.2 Å². The average molecular weight is 470 g/mol. The predicted octanol–water partition coefficient (Wildman–Crippen LogP) is 3.73. The molecule has 1 saturated carbocycles. The molecule has 1 aliphatic carbocycles. The van der Waals surface area contributed by atoms with Crippen LogP contribution in [0.25, 0.3) is 11.0 Å². The molecule has 0 spiro atoms. The van der Waals surface area contributed by atoms with E-state index in [1.807, 2.05) is 44.2 Å². The molecule has 0 bridgehead atoms. The van der Waals surface area contributed by atoms with Crippen molar-refractivity contribution in [3.63, 3.8) is 0 Å². The summed E-state index contributed by atoms with van der Waals surface area (Å²) in [5.74, 6) is 0.756. The van der Waals surface area contributed by atoms with Crippen molar-refractivity contribution in [1.82, 2.24) is 14.8 Å². The maximum Gasteiger partial charge on any atom is 0.339 e. The average Bonchev–Trinajstić information content (AvgIpc) is 3.51. The van der Waals surface area contributed by atoms with Crippen LogP contribution < -0.4 is 4.74 Å². The second kappa shape index (κ2) is 8.44. The number of aryl methyl sites for hydroxylation is 1. The topological polar surface area (TPSA) is 100 Å². The number of nitrogens with zero attached hydrogens (tertiary/aromatic N) is 3. The highest BCUT2D eigenvalue weighted by Gasteiger charge is 2.34. The van der Waals surface area contributed by atoms with Gasteiger partial charge in [-0.1, -0.05) is 18.2 Å². The number of rotatable bonds is 7. The maximum atomic E-state index is 13.3. The molecule has 33 heavy (non-hydrogen) atoms. The Kier molecular flexibility index (Phi) is 5.60. The van der Waals surface area contributed by atoms with Gasteiger partial charge in [0.15, 0.2) is 15.5 Å². The Labute approximate surface area is 192 Å². The van der Waals surface area contributed by atoms with Crippen LogP contribution in [-0.2, 0) is 21.2 Å². The molecule has 0 amide bonds. The second-order valence-corrected chi connectivity index (χ2v) is 11.0. The molecule has 1 saturated heterocycles. The fourth-order valence-corrected chi connectivity index (χ4v) is 6.14. The van der Waals surface area contributed by atoms with Crippen molar-refractivity contribution in [3.8, 4) is 5.75 Å². The molecule has 0 N–H and O–H groups in total. The number of hydrogen-bond acceptors (Lipinski definition) is 7. The number of hydrogen-bond donors (Lipinski definition) is 0. The molecule has 5 rings (SSSR count). The van der Waals surface area contributed by atoms with Crippen LogP contribution in [0.1, 0.15) is 65.5 Å². The monoisotopic (exact) mass is 469 g/mol. The first-order chi connectivity index (χ1) is 15.9. The highest BCUT2D eigenvalue weighted by molar-refractivity contribution is 7.91. The van der Waals surface area contributed by atoms with E-state index in [2.05, 4.69) is 5.10 Å². The van der Waals surface area contributed by atoms with Crippen molar-refractivity contribution in [2.24, 2.45) is 0 Å². The van der Waals surface area contributed by atoms with Crippen molar-refractivity contribution in [2.45, 2.75) is 51.7 Å². The molecule has 3 heterocycles. The lowest BCUT2D eigenvalue weighted by atomic mass is 10.1. The number of carbonyl (C=O) groups excluding carboxylic acids is 1. The van der Waals surface area contributed by atoms with Crippen LogP contribution in [0, 0.1) is 6.92 Å². The van der Waals surface area contributed by atoms with E-state index < -0.39 is 15.8 Å². The Bertz CT molecular complexity index is 1330. The first-order valence-electron chi connectivity index (χ1n) is 11.3. The number of carbonyl (C=O) groups is 1. The Morgan fingerprint density at radius 3 is 2.70 bits per heavy atom. The first-order valence-corrected chi connectivity index (χ1v) is 13.2. The van der Waals surface area contributed by atoms with Crippen LogP contribution in [-0.4, -0.2) is 47.3 Å². The normalized spacial score (nSPS) is 19.6. The van der Waals surface area contributed by atoms with Gasteiger partial charge in [-0.3, -0.25) is 0 Å². The number of pyridine rings is 1. The van der Waals surface area contributed by atoms with Crippen LogP contribution in [0.2, 0.25) is 0 Å². The van der Waals surface area contributed by atoms with Crippen LogP contribution in [0.3, 0.4) is 0 Å². The summed E-state index contributed by atoms with van der Waals surface area (Å²) in [7, 11) is -3.08. The smallest absolute Gasteiger partial charge is 0.339 e. The lowest BCUT2D eigenvalue weighted by Crippen LogP contribution is -2.14. The SMILES string of the molecule is CCOc1ccccc1COC(=O)c1cc(C2CC2)nc2c1c(C)nn2C1CCS(=O)(=O)C1. The molecular weight excluding hydrogens is 442 g/mol. The summed E-state index contributed by atoms with van der Waals surface area (Å²) < 4.78 is 37.2. The molecule has 9 heteroatoms. The number of sulfone groups is 1. The van der Waals surface area contributed by atoms with E-state index in [-0.39, 0.29) is 24.2 Å². The lowest BCUT2D eigenvalue weighted by Gasteiger charge is -2.13. The van der Waals surface area contributed by atoms with E-state index >= 15 is 0 Å². The van der Waals surface area contributed by atoms with E-state index in [1.54, 1.807) is 4.68 Å². The molecule has 2 fully saturated rings. The lowest BCUT2D eigenvalue weighted by molar-refractivity contribution is 0.0471. The quantitative estimate of drug-likeness (QED) is 0.486. The number of ether oxygens (including phenoxy) is 2. The van der Waals surface area contributed by atoms with Crippen molar-refractivity contribution >= 4 is 26.8 Å². The van der Waals surface area contributed by atoms with Crippen molar-refractivity contribution in [2.75, 3.05) is 18.1 Å². The molecule has 174 valence electrons. The molecule has 2 aromatic heterocycles. The largest absolute Gasteiger partial charge is 0.493 e. The number of fused-ring (bicyclic) bond motifs is 1. The van der Waals surface area contributed by atoms with Gasteiger partial charge in [-0.15, -0.1) is 0 Å². The standard InChI is InChI=1S/C24H27N3O5S/c1-3-31-21-7-5-4-6-17(21)13-32-24(28)19-12-20(16-8-9-16)25-23-22(19)15(2)26-27(23)18-10-11-33(29,30)14-18/h4-7,12,16,18H,3,8-11,13-14H2,1-2H3. The van der Waals surface area contributed by atoms with Crippen molar-refractivity contribution < 1.29 is 22.7 Å². The van der Waals surface area contributed by atoms with Crippen LogP contribution in [0.15, 0.2) is 30.3 Å². The van der Waals surface area contributed by atoms with Gasteiger partial charge in [0, 0.05) is 17.2 Å². The number of esters is 1. The fourth-order valence-electron chi connectivity index (χ4n) is 4.44. The Morgan fingerprint density at radius 1 is 1.21 bits per heavy atom. The molecular formula is C24H27N3O5S. The van der Waals surface area contributed by atoms with Gasteiger partial charge in [0.25, 0.3) is 0 Å². The number of para-hydroxylation sites is 1. The third-order valence-electron chi connectivity index (χ3n) is 6.26. The fraction of sp³-hybridized carbons (Fsp3) is 0.458. The molecule has 0 radical (unpaired) electrons. The van der Waals surface area contributed by atoms with Gasteiger partial charge in [-0.05, 0) is 45.2 Å². The number of aromatic nitrogens is 3. The minimum absolute atomic E-state index is 0.0482. The van der Waals surface area contributed by atoms with Gasteiger partial charge in [0.05, 0.1) is 40.8 Å². The minimum Gasteiger partial charge on any atom is -0.493 e. The summed E-state index contributed by atoms with van der Waals surface area (Å²) in [5.41, 5.74) is 3.28. The zero-order valence-corrected chi connectivity index (χ0v) is 19.6. The van der Waals surface area contributed by atoms with Crippen LogP contribution in [0.4, 0.5) is 0 Å². The van der Waals surface area contributed by atoms with Gasteiger partial charge in [-0.25, -0.2) is 22.9 Å². The molecule has 1 unspecified atom stereocenters. The van der Waals surface area contributed by atoms with Crippen LogP contribution >= 0.6 is 0 Å². The summed E-state index contributed by atoms with van der Waals surface area (Å²) in [5, 5.41) is 5.25. The highest BCUT2D eigenvalue weighted by atomic mass is 32.2. The second-order valence-electron chi connectivity index (χ2n) is 8.77. The molecule has 8 nitrogen and oxygen atoms in total. The summed E-state index contributed by atoms with van der Waals surface area (Å²) in [6.07, 6.45) is 2.56. The third-order valence-corrected chi connectivity index (χ3v) is 8.01. The van der Waals surface area contributed by atoms with E-state index in [1.165, 1.54) is 0 Å². The van der Waals surface area contributed by atoms with Gasteiger partial charge in [0.2, 0.25) is 0 Å². The van der Waals surface area contributed by atoms with E-state index in [0.29, 0.717) is 47.0 Å². The van der Waals surface area contributed by atoms with E-state index in [4.69, 9.17) is 14.5 Å². The molecule has 3 aromatic rings. The van der Waals surface area contributed by atoms with Crippen LogP contribution in [0.5, 0.6) is 5.75 Å². The first kappa shape index (κ1) is 21.9.